The van der Waals surface area contributed by atoms with Crippen molar-refractivity contribution in [3.8, 4) is 28.3 Å². The first-order valence-electron chi connectivity index (χ1n) is 14.9. The average molecular weight is 609 g/mol. The highest BCUT2D eigenvalue weighted by Crippen LogP contribution is 2.37. The second kappa shape index (κ2) is 13.4. The molecule has 44 heavy (non-hydrogen) atoms. The zero-order valence-corrected chi connectivity index (χ0v) is 25.0. The Labute approximate surface area is 260 Å². The van der Waals surface area contributed by atoms with E-state index < -0.39 is 5.91 Å². The number of halogens is 1. The predicted octanol–water partition coefficient (Wildman–Crippen LogP) is 8.42. The Morgan fingerprint density at radius 2 is 1.70 bits per heavy atom. The Morgan fingerprint density at radius 1 is 0.955 bits per heavy atom. The van der Waals surface area contributed by atoms with Crippen molar-refractivity contribution in [3.63, 3.8) is 0 Å². The summed E-state index contributed by atoms with van der Waals surface area (Å²) in [5, 5.41) is 15.7. The Morgan fingerprint density at radius 3 is 2.43 bits per heavy atom. The van der Waals surface area contributed by atoms with Gasteiger partial charge in [-0.2, -0.15) is 0 Å². The van der Waals surface area contributed by atoms with Gasteiger partial charge in [-0.15, -0.1) is 4.91 Å². The molecule has 9 heteroatoms. The van der Waals surface area contributed by atoms with E-state index in [2.05, 4.69) is 15.1 Å². The summed E-state index contributed by atoms with van der Waals surface area (Å²) < 4.78 is 8.57. The van der Waals surface area contributed by atoms with Gasteiger partial charge in [-0.3, -0.25) is 4.79 Å². The summed E-state index contributed by atoms with van der Waals surface area (Å²) in [7, 11) is 0. The summed E-state index contributed by atoms with van der Waals surface area (Å²) in [6, 6.07) is 27.2. The second-order valence-electron chi connectivity index (χ2n) is 11.0. The van der Waals surface area contributed by atoms with E-state index in [0.29, 0.717) is 29.7 Å². The third kappa shape index (κ3) is 6.37. The zero-order chi connectivity index (χ0) is 30.5. The second-order valence-corrected chi connectivity index (χ2v) is 11.5. The highest BCUT2D eigenvalue weighted by molar-refractivity contribution is 6.30. The van der Waals surface area contributed by atoms with Crippen LogP contribution >= 0.6 is 11.6 Å². The number of hydrogen-bond donors (Lipinski definition) is 2. The van der Waals surface area contributed by atoms with Crippen LogP contribution in [0.5, 0.6) is 5.75 Å². The van der Waals surface area contributed by atoms with Crippen LogP contribution < -0.4 is 10.1 Å². The third-order valence-corrected chi connectivity index (χ3v) is 8.42. The van der Waals surface area contributed by atoms with E-state index in [1.807, 2.05) is 72.8 Å². The minimum atomic E-state index is -0.795. The summed E-state index contributed by atoms with van der Waals surface area (Å²) in [6.07, 6.45) is 5.69. The van der Waals surface area contributed by atoms with E-state index in [0.717, 1.165) is 70.7 Å². The number of aliphatic hydroxyl groups excluding tert-OH is 1. The summed E-state index contributed by atoms with van der Waals surface area (Å²) >= 11 is 6.13. The van der Waals surface area contributed by atoms with Crippen LogP contribution in [0.4, 0.5) is 5.69 Å². The molecule has 1 aliphatic carbocycles. The van der Waals surface area contributed by atoms with Crippen molar-refractivity contribution in [2.24, 2.45) is 5.18 Å². The number of carbonyl (C=O) groups is 1. The zero-order valence-electron chi connectivity index (χ0n) is 24.2. The van der Waals surface area contributed by atoms with E-state index in [9.17, 15) is 14.8 Å². The number of fused-ring (bicyclic) bond motifs is 1. The minimum Gasteiger partial charge on any atom is -0.489 e. The largest absolute Gasteiger partial charge is 0.489 e. The van der Waals surface area contributed by atoms with Crippen molar-refractivity contribution < 1.29 is 14.6 Å². The van der Waals surface area contributed by atoms with Gasteiger partial charge in [0, 0.05) is 39.6 Å². The Bertz CT molecular complexity index is 1780. The Hall–Kier alpha value is -4.53. The molecule has 0 spiro atoms. The summed E-state index contributed by atoms with van der Waals surface area (Å²) in [4.78, 5) is 27.8. The van der Waals surface area contributed by atoms with Crippen LogP contribution in [0.2, 0.25) is 5.02 Å². The number of amides is 1. The smallest absolute Gasteiger partial charge is 0.316 e. The quantitative estimate of drug-likeness (QED) is 0.154. The van der Waals surface area contributed by atoms with E-state index in [1.54, 1.807) is 12.1 Å². The number of ether oxygens (including phenoxy) is 1. The fourth-order valence-corrected chi connectivity index (χ4v) is 6.12. The van der Waals surface area contributed by atoms with Gasteiger partial charge in [0.25, 0.3) is 0 Å². The molecule has 6 rings (SSSR count). The van der Waals surface area contributed by atoms with Crippen molar-refractivity contribution in [2.75, 3.05) is 18.5 Å². The van der Waals surface area contributed by atoms with Gasteiger partial charge in [-0.25, -0.2) is 4.98 Å². The van der Waals surface area contributed by atoms with Crippen LogP contribution in [-0.4, -0.2) is 33.7 Å². The molecular formula is C35H33ClN4O4. The predicted molar refractivity (Wildman–Crippen MR) is 174 cm³/mol. The molecule has 0 radical (unpaired) electrons. The first kappa shape index (κ1) is 29.5. The number of benzene rings is 4. The molecule has 0 saturated heterocycles. The number of nitrogens with zero attached hydrogens (tertiary/aromatic N) is 3. The highest BCUT2D eigenvalue weighted by atomic mass is 35.5. The number of carbonyl (C=O) groups excluding carboxylic acids is 1. The maximum absolute atomic E-state index is 12.0. The molecule has 0 atom stereocenters. The molecule has 1 amide bonds. The van der Waals surface area contributed by atoms with Gasteiger partial charge < -0.3 is 19.7 Å². The summed E-state index contributed by atoms with van der Waals surface area (Å²) in [5.74, 6) is 0.751. The van der Waals surface area contributed by atoms with Crippen LogP contribution in [-0.2, 0) is 6.61 Å². The fraction of sp³-hybridized carbons (Fsp3) is 0.257. The molecule has 8 nitrogen and oxygen atoms in total. The molecule has 4 aromatic carbocycles. The molecule has 1 aromatic heterocycles. The van der Waals surface area contributed by atoms with Crippen LogP contribution in [0.15, 0.2) is 90.1 Å². The molecule has 1 aliphatic rings. The molecule has 2 N–H and O–H groups in total. The van der Waals surface area contributed by atoms with Gasteiger partial charge in [-0.05, 0) is 96.3 Å². The maximum atomic E-state index is 12.0. The molecule has 1 saturated carbocycles. The first-order valence-corrected chi connectivity index (χ1v) is 15.3. The molecule has 5 aromatic rings. The monoisotopic (exact) mass is 608 g/mol. The normalized spacial score (nSPS) is 13.6. The number of aromatic nitrogens is 2. The SMILES string of the molecule is O=NC(=O)c1ccc2c(c1)nc(-c1ccc(OCc3cc(NCCO)ccc3-c3ccc(Cl)cc3)cc1)n2C1CCCCC1. The number of hydrogen-bond acceptors (Lipinski definition) is 6. The Kier molecular flexibility index (Phi) is 9.00. The van der Waals surface area contributed by atoms with Gasteiger partial charge in [0.15, 0.2) is 0 Å². The number of rotatable bonds is 10. The molecule has 1 heterocycles. The van der Waals surface area contributed by atoms with Crippen molar-refractivity contribution in [1.29, 1.82) is 0 Å². The number of nitrogens with one attached hydrogen (secondary N) is 1. The third-order valence-electron chi connectivity index (χ3n) is 8.17. The number of imidazole rings is 1. The van der Waals surface area contributed by atoms with Crippen LogP contribution in [0.3, 0.4) is 0 Å². The molecule has 0 bridgehead atoms. The minimum absolute atomic E-state index is 0.0426. The summed E-state index contributed by atoms with van der Waals surface area (Å²) in [5.41, 5.74) is 6.77. The van der Waals surface area contributed by atoms with E-state index in [1.165, 1.54) is 6.42 Å². The van der Waals surface area contributed by atoms with Crippen LogP contribution in [0.1, 0.15) is 54.1 Å². The molecule has 0 unspecified atom stereocenters. The van der Waals surface area contributed by atoms with Gasteiger partial charge in [0.2, 0.25) is 0 Å². The first-order chi connectivity index (χ1) is 21.5. The van der Waals surface area contributed by atoms with Crippen molar-refractivity contribution >= 4 is 34.2 Å². The van der Waals surface area contributed by atoms with Gasteiger partial charge in [0.05, 0.1) is 17.6 Å². The van der Waals surface area contributed by atoms with Gasteiger partial charge in [0.1, 0.15) is 18.2 Å². The van der Waals surface area contributed by atoms with E-state index >= 15 is 0 Å². The van der Waals surface area contributed by atoms with Crippen molar-refractivity contribution in [2.45, 2.75) is 44.8 Å². The molecule has 224 valence electrons. The van der Waals surface area contributed by atoms with E-state index in [4.69, 9.17) is 21.3 Å². The lowest BCUT2D eigenvalue weighted by atomic mass is 9.95. The molecule has 1 fully saturated rings. The lowest BCUT2D eigenvalue weighted by Gasteiger charge is -2.25. The van der Waals surface area contributed by atoms with Gasteiger partial charge in [-0.1, -0.05) is 49.1 Å². The van der Waals surface area contributed by atoms with E-state index in [-0.39, 0.29) is 12.2 Å². The highest BCUT2D eigenvalue weighted by Gasteiger charge is 2.23. The van der Waals surface area contributed by atoms with Crippen molar-refractivity contribution in [1.82, 2.24) is 9.55 Å². The average Bonchev–Trinajstić information content (AvgIpc) is 3.46. The van der Waals surface area contributed by atoms with Crippen molar-refractivity contribution in [3.05, 3.63) is 106 Å². The molecule has 0 aliphatic heterocycles. The summed E-state index contributed by atoms with van der Waals surface area (Å²) in [6.45, 7) is 0.842. The number of nitroso groups, excluding NO2 is 1. The van der Waals surface area contributed by atoms with Crippen LogP contribution in [0, 0.1) is 4.91 Å². The van der Waals surface area contributed by atoms with Gasteiger partial charge >= 0.3 is 5.91 Å². The lowest BCUT2D eigenvalue weighted by Crippen LogP contribution is -2.14. The number of aliphatic hydroxyl groups is 1. The fourth-order valence-electron chi connectivity index (χ4n) is 5.99. The number of anilines is 1. The van der Waals surface area contributed by atoms with Crippen LogP contribution in [0.25, 0.3) is 33.5 Å². The maximum Gasteiger partial charge on any atom is 0.316 e. The topological polar surface area (TPSA) is 106 Å². The molecular weight excluding hydrogens is 576 g/mol. The lowest BCUT2D eigenvalue weighted by molar-refractivity contribution is 0.100. The Balaban J connectivity index is 1.28. The standard InChI is InChI=1S/C35H33ClN4O4/c36-27-11-6-23(7-12-27)31-16-13-28(37-18-19-41)20-26(31)22-44-30-14-8-24(9-15-30)34-38-32-21-25(35(42)39-43)10-17-33(32)40(34)29-4-2-1-3-5-29/h6-17,20-21,29,37,41H,1-5,18-19,22H2.